The summed E-state index contributed by atoms with van der Waals surface area (Å²) in [7, 11) is 0. The van der Waals surface area contributed by atoms with E-state index in [1.807, 2.05) is 0 Å². The first kappa shape index (κ1) is 6.95. The van der Waals surface area contributed by atoms with Crippen molar-refractivity contribution in [2.24, 2.45) is 15.2 Å². The zero-order valence-electron chi connectivity index (χ0n) is 5.14. The molecule has 0 spiro atoms. The summed E-state index contributed by atoms with van der Waals surface area (Å²) in [5.41, 5.74) is 0. The van der Waals surface area contributed by atoms with Crippen LogP contribution < -0.4 is 0 Å². The van der Waals surface area contributed by atoms with Gasteiger partial charge >= 0.3 is 0 Å². The van der Waals surface area contributed by atoms with Gasteiger partial charge < -0.3 is 0 Å². The Labute approximate surface area is 63.9 Å². The molecule has 0 amide bonds. The van der Waals surface area contributed by atoms with Crippen molar-refractivity contribution in [1.82, 2.24) is 0 Å². The minimum atomic E-state index is 0.246. The molecule has 1 aliphatic heterocycles. The maximum Gasteiger partial charge on any atom is 0.239 e. The SMILES string of the molecule is S=C1N=CC=CC=CN=N1. The van der Waals surface area contributed by atoms with Gasteiger partial charge in [-0.25, -0.2) is 4.99 Å². The van der Waals surface area contributed by atoms with Gasteiger partial charge in [0, 0.05) is 12.4 Å². The summed E-state index contributed by atoms with van der Waals surface area (Å²) in [4.78, 5) is 3.76. The lowest BCUT2D eigenvalue weighted by Crippen LogP contribution is -1.79. The lowest BCUT2D eigenvalue weighted by Gasteiger charge is -1.78. The van der Waals surface area contributed by atoms with Gasteiger partial charge in [0.15, 0.2) is 0 Å². The van der Waals surface area contributed by atoms with Gasteiger partial charge in [-0.15, -0.1) is 5.11 Å². The van der Waals surface area contributed by atoms with E-state index in [0.717, 1.165) is 0 Å². The van der Waals surface area contributed by atoms with Crippen molar-refractivity contribution in [3.63, 3.8) is 0 Å². The van der Waals surface area contributed by atoms with Gasteiger partial charge in [0.2, 0.25) is 5.11 Å². The molecule has 0 aliphatic carbocycles. The van der Waals surface area contributed by atoms with Crippen molar-refractivity contribution in [2.45, 2.75) is 0 Å². The van der Waals surface area contributed by atoms with Crippen LogP contribution in [0, 0.1) is 0 Å². The Hall–Kier alpha value is -1.16. The van der Waals surface area contributed by atoms with E-state index in [2.05, 4.69) is 27.4 Å². The van der Waals surface area contributed by atoms with E-state index >= 15 is 0 Å². The molecule has 1 aliphatic rings. The number of hydrogen-bond donors (Lipinski definition) is 0. The van der Waals surface area contributed by atoms with Crippen LogP contribution in [-0.2, 0) is 0 Å². The molecular weight excluding hydrogens is 146 g/mol. The summed E-state index contributed by atoms with van der Waals surface area (Å²) in [6.45, 7) is 0. The maximum absolute atomic E-state index is 4.69. The van der Waals surface area contributed by atoms with Crippen molar-refractivity contribution in [3.8, 4) is 0 Å². The van der Waals surface area contributed by atoms with Crippen molar-refractivity contribution >= 4 is 23.5 Å². The molecular formula is C6H5N3S. The van der Waals surface area contributed by atoms with Gasteiger partial charge in [0.25, 0.3) is 0 Å². The fourth-order valence-electron chi connectivity index (χ4n) is 0.417. The minimum Gasteiger partial charge on any atom is -0.226 e. The second kappa shape index (κ2) is 3.79. The molecule has 1 rings (SSSR count). The smallest absolute Gasteiger partial charge is 0.226 e. The number of rotatable bonds is 0. The van der Waals surface area contributed by atoms with Crippen LogP contribution in [0.15, 0.2) is 39.6 Å². The molecule has 0 N–H and O–H groups in total. The third-order valence-corrected chi connectivity index (χ3v) is 0.976. The van der Waals surface area contributed by atoms with Gasteiger partial charge in [-0.1, -0.05) is 6.08 Å². The maximum atomic E-state index is 4.69. The van der Waals surface area contributed by atoms with E-state index in [1.54, 1.807) is 30.6 Å². The van der Waals surface area contributed by atoms with Gasteiger partial charge in [-0.2, -0.15) is 5.11 Å². The fraction of sp³-hybridized carbons (Fsp3) is 0. The van der Waals surface area contributed by atoms with Crippen molar-refractivity contribution in [2.75, 3.05) is 0 Å². The molecule has 0 aromatic rings. The molecule has 1 heterocycles. The fourth-order valence-corrected chi connectivity index (χ4v) is 0.525. The molecule has 0 saturated heterocycles. The highest BCUT2D eigenvalue weighted by molar-refractivity contribution is 7.80. The first-order valence-electron chi connectivity index (χ1n) is 2.70. The van der Waals surface area contributed by atoms with Crippen LogP contribution in [0.3, 0.4) is 0 Å². The van der Waals surface area contributed by atoms with Crippen LogP contribution >= 0.6 is 12.2 Å². The van der Waals surface area contributed by atoms with Gasteiger partial charge in [-0.05, 0) is 24.4 Å². The standard InChI is InChI=1S/C6H5N3S/c10-6-7-4-2-1-3-5-8-9-6/h1-5H. The van der Waals surface area contributed by atoms with E-state index < -0.39 is 0 Å². The quantitative estimate of drug-likeness (QED) is 0.487. The second-order valence-electron chi connectivity index (χ2n) is 1.50. The third-order valence-electron chi connectivity index (χ3n) is 0.789. The predicted octanol–water partition coefficient (Wildman–Crippen LogP) is 1.88. The predicted molar refractivity (Wildman–Crippen MR) is 44.2 cm³/mol. The molecule has 0 saturated carbocycles. The molecule has 0 aromatic carbocycles. The van der Waals surface area contributed by atoms with E-state index in [1.165, 1.54) is 0 Å². The number of hydrogen-bond acceptors (Lipinski definition) is 2. The minimum absolute atomic E-state index is 0.246. The third kappa shape index (κ3) is 2.41. The largest absolute Gasteiger partial charge is 0.239 e. The van der Waals surface area contributed by atoms with Crippen molar-refractivity contribution < 1.29 is 0 Å². The Bertz CT molecular complexity index is 213. The Morgan fingerprint density at radius 1 is 1.20 bits per heavy atom. The average molecular weight is 151 g/mol. The van der Waals surface area contributed by atoms with E-state index in [0.29, 0.717) is 0 Å². The average Bonchev–Trinajstić information content (AvgIpc) is 2.02. The monoisotopic (exact) mass is 151 g/mol. The summed E-state index contributed by atoms with van der Waals surface area (Å²) in [5.74, 6) is 0. The van der Waals surface area contributed by atoms with E-state index in [4.69, 9.17) is 0 Å². The second-order valence-corrected chi connectivity index (χ2v) is 1.87. The van der Waals surface area contributed by atoms with Crippen LogP contribution in [0.5, 0.6) is 0 Å². The van der Waals surface area contributed by atoms with Crippen LogP contribution in [-0.4, -0.2) is 11.3 Å². The highest BCUT2D eigenvalue weighted by Crippen LogP contribution is 1.89. The zero-order chi connectivity index (χ0) is 7.23. The van der Waals surface area contributed by atoms with E-state index in [9.17, 15) is 0 Å². The number of allylic oxidation sites excluding steroid dienone is 3. The summed E-state index contributed by atoms with van der Waals surface area (Å²) in [6, 6.07) is 0. The van der Waals surface area contributed by atoms with Gasteiger partial charge in [0.05, 0.1) is 0 Å². The Morgan fingerprint density at radius 3 is 3.00 bits per heavy atom. The summed E-state index contributed by atoms with van der Waals surface area (Å²) in [5, 5.41) is 7.43. The molecule has 0 atom stereocenters. The Kier molecular flexibility index (Phi) is 2.63. The number of nitrogens with zero attached hydrogens (tertiary/aromatic N) is 3. The first-order valence-corrected chi connectivity index (χ1v) is 3.11. The molecule has 0 radical (unpaired) electrons. The first-order chi connectivity index (χ1) is 4.89. The van der Waals surface area contributed by atoms with Crippen molar-refractivity contribution in [3.05, 3.63) is 24.4 Å². The number of aliphatic imine (C=N–C) groups is 1. The van der Waals surface area contributed by atoms with E-state index in [-0.39, 0.29) is 5.11 Å². The van der Waals surface area contributed by atoms with Crippen LogP contribution in [0.2, 0.25) is 0 Å². The highest BCUT2D eigenvalue weighted by atomic mass is 32.1. The molecule has 0 bridgehead atoms. The highest BCUT2D eigenvalue weighted by Gasteiger charge is 1.83. The summed E-state index contributed by atoms with van der Waals surface area (Å²) >= 11 is 4.69. The molecule has 10 heavy (non-hydrogen) atoms. The summed E-state index contributed by atoms with van der Waals surface area (Å²) in [6.07, 6.45) is 8.45. The molecule has 0 unspecified atom stereocenters. The lowest BCUT2D eigenvalue weighted by atomic mass is 10.5. The molecule has 0 fully saturated rings. The van der Waals surface area contributed by atoms with Crippen LogP contribution in [0.1, 0.15) is 0 Å². The molecule has 50 valence electrons. The Balaban J connectivity index is 2.80. The zero-order valence-corrected chi connectivity index (χ0v) is 5.95. The Morgan fingerprint density at radius 2 is 2.10 bits per heavy atom. The molecule has 4 heteroatoms. The number of azo groups is 1. The van der Waals surface area contributed by atoms with Crippen molar-refractivity contribution in [1.29, 1.82) is 0 Å². The lowest BCUT2D eigenvalue weighted by molar-refractivity contribution is 1.28. The summed E-state index contributed by atoms with van der Waals surface area (Å²) < 4.78 is 0. The topological polar surface area (TPSA) is 37.1 Å². The normalized spacial score (nSPS) is 16.6. The molecule has 3 nitrogen and oxygen atoms in total. The number of thiocarbonyl (C=S) groups is 1. The van der Waals surface area contributed by atoms with Crippen LogP contribution in [0.25, 0.3) is 0 Å². The van der Waals surface area contributed by atoms with Crippen LogP contribution in [0.4, 0.5) is 0 Å². The molecule has 0 aromatic heterocycles. The van der Waals surface area contributed by atoms with Gasteiger partial charge in [0.1, 0.15) is 0 Å². The van der Waals surface area contributed by atoms with Gasteiger partial charge in [-0.3, -0.25) is 0 Å².